The van der Waals surface area contributed by atoms with Crippen LogP contribution in [0.3, 0.4) is 0 Å². The van der Waals surface area contributed by atoms with Crippen LogP contribution in [-0.2, 0) is 4.79 Å². The fourth-order valence-electron chi connectivity index (χ4n) is 1.38. The third-order valence-corrected chi connectivity index (χ3v) is 2.40. The first kappa shape index (κ1) is 14.0. The van der Waals surface area contributed by atoms with E-state index in [1.54, 1.807) is 13.8 Å². The maximum absolute atomic E-state index is 11.7. The Hall–Kier alpha value is -2.11. The lowest BCUT2D eigenvalue weighted by Gasteiger charge is -2.16. The first-order valence-corrected chi connectivity index (χ1v) is 5.47. The fourth-order valence-corrected chi connectivity index (χ4v) is 1.38. The Morgan fingerprint density at radius 1 is 1.22 bits per heavy atom. The lowest BCUT2D eigenvalue weighted by molar-refractivity contribution is -0.140. The molecule has 0 radical (unpaired) electrons. The number of hydrogen-bond donors (Lipinski definition) is 2. The molecule has 0 aromatic carbocycles. The van der Waals surface area contributed by atoms with E-state index in [9.17, 15) is 14.4 Å². The molecule has 2 N–H and O–H groups in total. The van der Waals surface area contributed by atoms with E-state index in [1.807, 2.05) is 0 Å². The van der Waals surface area contributed by atoms with Gasteiger partial charge in [-0.25, -0.2) is 4.79 Å². The van der Waals surface area contributed by atoms with E-state index in [1.165, 1.54) is 19.1 Å². The van der Waals surface area contributed by atoms with E-state index in [0.717, 1.165) is 0 Å². The number of rotatable bonds is 5. The van der Waals surface area contributed by atoms with Crippen molar-refractivity contribution in [2.75, 3.05) is 0 Å². The number of nitrogens with one attached hydrogen (secondary N) is 1. The van der Waals surface area contributed by atoms with Gasteiger partial charge in [0.1, 0.15) is 6.04 Å². The molecule has 98 valence electrons. The predicted molar refractivity (Wildman–Crippen MR) is 62.4 cm³/mol. The summed E-state index contributed by atoms with van der Waals surface area (Å²) in [5.74, 6) is -2.33. The lowest BCUT2D eigenvalue weighted by atomic mass is 10.0. The number of carbonyl (C=O) groups excluding carboxylic acids is 2. The van der Waals surface area contributed by atoms with Crippen molar-refractivity contribution < 1.29 is 23.9 Å². The largest absolute Gasteiger partial charge is 0.480 e. The summed E-state index contributed by atoms with van der Waals surface area (Å²) in [6.07, 6.45) is 0. The van der Waals surface area contributed by atoms with Gasteiger partial charge in [0.05, 0.1) is 0 Å². The zero-order valence-electron chi connectivity index (χ0n) is 10.4. The van der Waals surface area contributed by atoms with E-state index in [4.69, 9.17) is 9.52 Å². The summed E-state index contributed by atoms with van der Waals surface area (Å²) in [6.45, 7) is 4.68. The van der Waals surface area contributed by atoms with E-state index >= 15 is 0 Å². The molecule has 0 bridgehead atoms. The minimum Gasteiger partial charge on any atom is -0.480 e. The molecule has 0 aliphatic rings. The molecule has 1 heterocycles. The second-order valence-electron chi connectivity index (χ2n) is 4.25. The SMILES string of the molecule is CC(=O)c1ccc(C(=O)N[C@H](C(=O)O)C(C)C)o1. The summed E-state index contributed by atoms with van der Waals surface area (Å²) < 4.78 is 5.01. The van der Waals surface area contributed by atoms with E-state index in [2.05, 4.69) is 5.32 Å². The summed E-state index contributed by atoms with van der Waals surface area (Å²) in [7, 11) is 0. The number of hydrogen-bond acceptors (Lipinski definition) is 4. The molecular weight excluding hydrogens is 238 g/mol. The predicted octanol–water partition coefficient (Wildman–Crippen LogP) is 1.32. The number of carboxylic acid groups (broad SMARTS) is 1. The van der Waals surface area contributed by atoms with Crippen LogP contribution in [0.25, 0.3) is 0 Å². The Morgan fingerprint density at radius 2 is 1.78 bits per heavy atom. The molecule has 0 saturated heterocycles. The molecule has 0 spiro atoms. The first-order chi connectivity index (χ1) is 8.32. The average molecular weight is 253 g/mol. The molecule has 0 unspecified atom stereocenters. The van der Waals surface area contributed by atoms with Crippen molar-refractivity contribution >= 4 is 17.7 Å². The van der Waals surface area contributed by atoms with Crippen molar-refractivity contribution in [2.24, 2.45) is 5.92 Å². The molecule has 0 aliphatic heterocycles. The molecule has 1 atom stereocenters. The lowest BCUT2D eigenvalue weighted by Crippen LogP contribution is -2.44. The highest BCUT2D eigenvalue weighted by Gasteiger charge is 2.25. The summed E-state index contributed by atoms with van der Waals surface area (Å²) >= 11 is 0. The normalized spacial score (nSPS) is 12.2. The molecule has 0 aliphatic carbocycles. The van der Waals surface area contributed by atoms with Gasteiger partial charge in [-0.15, -0.1) is 0 Å². The highest BCUT2D eigenvalue weighted by atomic mass is 16.4. The van der Waals surface area contributed by atoms with Crippen molar-refractivity contribution in [3.8, 4) is 0 Å². The molecule has 1 amide bonds. The van der Waals surface area contributed by atoms with Gasteiger partial charge in [0, 0.05) is 6.92 Å². The van der Waals surface area contributed by atoms with Crippen molar-refractivity contribution in [3.05, 3.63) is 23.7 Å². The number of aliphatic carboxylic acids is 1. The van der Waals surface area contributed by atoms with Crippen LogP contribution >= 0.6 is 0 Å². The topological polar surface area (TPSA) is 96.6 Å². The standard InChI is InChI=1S/C12H15NO5/c1-6(2)10(12(16)17)13-11(15)9-5-4-8(18-9)7(3)14/h4-6,10H,1-3H3,(H,13,15)(H,16,17)/t10-/m0/s1. The van der Waals surface area contributed by atoms with Crippen LogP contribution < -0.4 is 5.32 Å². The van der Waals surface area contributed by atoms with Gasteiger partial charge in [0.25, 0.3) is 5.91 Å². The third-order valence-electron chi connectivity index (χ3n) is 2.40. The van der Waals surface area contributed by atoms with Crippen molar-refractivity contribution in [1.29, 1.82) is 0 Å². The van der Waals surface area contributed by atoms with Gasteiger partial charge in [-0.05, 0) is 18.1 Å². The molecule has 6 heteroatoms. The Kier molecular flexibility index (Phi) is 4.25. The Bertz CT molecular complexity index is 475. The van der Waals surface area contributed by atoms with Crippen LogP contribution in [0.2, 0.25) is 0 Å². The second-order valence-corrected chi connectivity index (χ2v) is 4.25. The van der Waals surface area contributed by atoms with Crippen molar-refractivity contribution in [3.63, 3.8) is 0 Å². The van der Waals surface area contributed by atoms with Gasteiger partial charge < -0.3 is 14.8 Å². The van der Waals surface area contributed by atoms with Gasteiger partial charge in [-0.3, -0.25) is 9.59 Å². The van der Waals surface area contributed by atoms with Gasteiger partial charge >= 0.3 is 5.97 Å². The molecule has 1 aromatic heterocycles. The summed E-state index contributed by atoms with van der Waals surface area (Å²) in [5.41, 5.74) is 0. The average Bonchev–Trinajstić information content (AvgIpc) is 2.73. The van der Waals surface area contributed by atoms with Crippen LogP contribution in [0.4, 0.5) is 0 Å². The van der Waals surface area contributed by atoms with E-state index in [0.29, 0.717) is 0 Å². The maximum atomic E-state index is 11.7. The monoisotopic (exact) mass is 253 g/mol. The van der Waals surface area contributed by atoms with Crippen LogP contribution in [0.1, 0.15) is 41.9 Å². The zero-order valence-corrected chi connectivity index (χ0v) is 10.4. The molecule has 18 heavy (non-hydrogen) atoms. The van der Waals surface area contributed by atoms with Gasteiger partial charge in [0.2, 0.25) is 0 Å². The Labute approximate surface area is 104 Å². The summed E-state index contributed by atoms with van der Waals surface area (Å²) in [4.78, 5) is 33.6. The van der Waals surface area contributed by atoms with Crippen LogP contribution in [0.5, 0.6) is 0 Å². The Morgan fingerprint density at radius 3 is 2.17 bits per heavy atom. The maximum Gasteiger partial charge on any atom is 0.326 e. The van der Waals surface area contributed by atoms with Crippen LogP contribution in [0.15, 0.2) is 16.5 Å². The number of ketones is 1. The molecule has 0 fully saturated rings. The van der Waals surface area contributed by atoms with E-state index in [-0.39, 0.29) is 23.2 Å². The minimum atomic E-state index is -1.11. The van der Waals surface area contributed by atoms with Crippen molar-refractivity contribution in [2.45, 2.75) is 26.8 Å². The zero-order chi connectivity index (χ0) is 13.9. The van der Waals surface area contributed by atoms with Crippen LogP contribution in [-0.4, -0.2) is 28.8 Å². The minimum absolute atomic E-state index is 0.0663. The van der Waals surface area contributed by atoms with Crippen molar-refractivity contribution in [1.82, 2.24) is 5.32 Å². The number of Topliss-reactive ketones (excluding diaryl/α,β-unsaturated/α-hetero) is 1. The molecule has 0 saturated carbocycles. The quantitative estimate of drug-likeness (QED) is 0.771. The fraction of sp³-hybridized carbons (Fsp3) is 0.417. The second kappa shape index (κ2) is 5.48. The number of furan rings is 1. The summed E-state index contributed by atoms with van der Waals surface area (Å²) in [5, 5.41) is 11.3. The summed E-state index contributed by atoms with van der Waals surface area (Å²) in [6, 6.07) is 1.72. The number of amides is 1. The van der Waals surface area contributed by atoms with E-state index < -0.39 is 17.9 Å². The number of carboxylic acids is 1. The highest BCUT2D eigenvalue weighted by molar-refractivity contribution is 5.97. The first-order valence-electron chi connectivity index (χ1n) is 5.47. The third kappa shape index (κ3) is 3.19. The highest BCUT2D eigenvalue weighted by Crippen LogP contribution is 2.10. The van der Waals surface area contributed by atoms with Gasteiger partial charge in [-0.2, -0.15) is 0 Å². The smallest absolute Gasteiger partial charge is 0.326 e. The molecular formula is C12H15NO5. The van der Waals surface area contributed by atoms with Gasteiger partial charge in [-0.1, -0.05) is 13.8 Å². The molecule has 6 nitrogen and oxygen atoms in total. The van der Waals surface area contributed by atoms with Crippen LogP contribution in [0, 0.1) is 5.92 Å². The molecule has 1 rings (SSSR count). The number of carbonyl (C=O) groups is 3. The Balaban J connectivity index is 2.80. The molecule has 1 aromatic rings. The van der Waals surface area contributed by atoms with Gasteiger partial charge in [0.15, 0.2) is 17.3 Å².